The number of nitro groups is 2. The zero-order chi connectivity index (χ0) is 15.5. The van der Waals surface area contributed by atoms with E-state index in [4.69, 9.17) is 5.11 Å². The molecule has 1 aliphatic rings. The molecule has 1 rings (SSSR count). The van der Waals surface area contributed by atoms with Gasteiger partial charge in [0.1, 0.15) is 0 Å². The molecule has 1 fully saturated rings. The standard InChI is InChI=1S/C8H10N2O10/c11-6(19-3-20-7(12)13)8(14)1-4(9(15)16)5(2-8)10(17)18/h4-5,14H,1-3H2,(H,12,13). The summed E-state index contributed by atoms with van der Waals surface area (Å²) in [6, 6.07) is -3.47. The maximum absolute atomic E-state index is 11.5. The van der Waals surface area contributed by atoms with Crippen LogP contribution in [-0.2, 0) is 14.3 Å². The molecular weight excluding hydrogens is 284 g/mol. The minimum absolute atomic E-state index is 0.794. The number of esters is 1. The highest BCUT2D eigenvalue weighted by Gasteiger charge is 2.61. The normalized spacial score (nSPS) is 28.6. The first-order valence-electron chi connectivity index (χ1n) is 5.19. The molecule has 0 aromatic heterocycles. The van der Waals surface area contributed by atoms with E-state index in [-0.39, 0.29) is 0 Å². The molecular formula is C8H10N2O10. The van der Waals surface area contributed by atoms with Gasteiger partial charge < -0.3 is 19.7 Å². The Morgan fingerprint density at radius 2 is 1.60 bits per heavy atom. The fourth-order valence-corrected chi connectivity index (χ4v) is 1.91. The molecule has 0 bridgehead atoms. The van der Waals surface area contributed by atoms with Gasteiger partial charge in [0.05, 0.1) is 12.8 Å². The third kappa shape index (κ3) is 3.28. The fraction of sp³-hybridized carbons (Fsp3) is 0.750. The van der Waals surface area contributed by atoms with Crippen molar-refractivity contribution in [2.24, 2.45) is 0 Å². The number of carbonyl (C=O) groups is 2. The van der Waals surface area contributed by atoms with Crippen molar-refractivity contribution in [3.63, 3.8) is 0 Å². The Balaban J connectivity index is 2.74. The average Bonchev–Trinajstić information content (AvgIpc) is 2.68. The van der Waals surface area contributed by atoms with Gasteiger partial charge in [-0.25, -0.2) is 9.59 Å². The number of nitrogens with zero attached hydrogens (tertiary/aromatic N) is 2. The molecule has 0 radical (unpaired) electrons. The Kier molecular flexibility index (Phi) is 4.39. The molecule has 112 valence electrons. The molecule has 0 aliphatic heterocycles. The largest absolute Gasteiger partial charge is 0.508 e. The van der Waals surface area contributed by atoms with E-state index in [2.05, 4.69) is 9.47 Å². The van der Waals surface area contributed by atoms with E-state index in [1.54, 1.807) is 0 Å². The Bertz CT molecular complexity index is 427. The highest BCUT2D eigenvalue weighted by Crippen LogP contribution is 2.34. The van der Waals surface area contributed by atoms with Gasteiger partial charge in [0.25, 0.3) is 12.1 Å². The Labute approximate surface area is 110 Å². The lowest BCUT2D eigenvalue weighted by atomic mass is 10.0. The number of carbonyl (C=O) groups excluding carboxylic acids is 1. The highest BCUT2D eigenvalue weighted by molar-refractivity contribution is 5.80. The molecule has 2 atom stereocenters. The third-order valence-electron chi connectivity index (χ3n) is 2.83. The monoisotopic (exact) mass is 294 g/mol. The van der Waals surface area contributed by atoms with Gasteiger partial charge in [-0.05, 0) is 0 Å². The van der Waals surface area contributed by atoms with Crippen molar-refractivity contribution < 1.29 is 39.1 Å². The van der Waals surface area contributed by atoms with Crippen molar-refractivity contribution in [3.8, 4) is 0 Å². The maximum Gasteiger partial charge on any atom is 0.508 e. The van der Waals surface area contributed by atoms with Gasteiger partial charge in [-0.1, -0.05) is 0 Å². The molecule has 0 aromatic rings. The summed E-state index contributed by atoms with van der Waals surface area (Å²) in [7, 11) is 0. The van der Waals surface area contributed by atoms with E-state index in [0.29, 0.717) is 0 Å². The van der Waals surface area contributed by atoms with Gasteiger partial charge in [-0.3, -0.25) is 20.2 Å². The summed E-state index contributed by atoms with van der Waals surface area (Å²) in [6.07, 6.45) is -3.32. The number of ether oxygens (including phenoxy) is 2. The molecule has 2 N–H and O–H groups in total. The van der Waals surface area contributed by atoms with Crippen molar-refractivity contribution >= 4 is 12.1 Å². The van der Waals surface area contributed by atoms with Crippen LogP contribution in [0.5, 0.6) is 0 Å². The molecule has 20 heavy (non-hydrogen) atoms. The van der Waals surface area contributed by atoms with Crippen molar-refractivity contribution in [2.75, 3.05) is 6.79 Å². The summed E-state index contributed by atoms with van der Waals surface area (Å²) >= 11 is 0. The van der Waals surface area contributed by atoms with Crippen LogP contribution in [0.4, 0.5) is 4.79 Å². The number of hydrogen-bond donors (Lipinski definition) is 2. The lowest BCUT2D eigenvalue weighted by Gasteiger charge is -2.17. The van der Waals surface area contributed by atoms with Crippen LogP contribution in [0.1, 0.15) is 12.8 Å². The molecule has 12 nitrogen and oxygen atoms in total. The third-order valence-corrected chi connectivity index (χ3v) is 2.83. The van der Waals surface area contributed by atoms with E-state index < -0.39 is 59.3 Å². The number of aliphatic hydroxyl groups is 1. The van der Waals surface area contributed by atoms with Crippen LogP contribution in [0.25, 0.3) is 0 Å². The Morgan fingerprint density at radius 3 is 1.95 bits per heavy atom. The van der Waals surface area contributed by atoms with Gasteiger partial charge >= 0.3 is 12.1 Å². The number of hydrogen-bond acceptors (Lipinski definition) is 9. The molecule has 0 saturated heterocycles. The summed E-state index contributed by atoms with van der Waals surface area (Å²) in [6.45, 7) is -1.03. The molecule has 0 amide bonds. The van der Waals surface area contributed by atoms with Crippen molar-refractivity contribution in [1.29, 1.82) is 0 Å². The topological polar surface area (TPSA) is 179 Å². The zero-order valence-electron chi connectivity index (χ0n) is 9.83. The van der Waals surface area contributed by atoms with E-state index >= 15 is 0 Å². The molecule has 12 heteroatoms. The Hall–Kier alpha value is -2.50. The summed E-state index contributed by atoms with van der Waals surface area (Å²) in [4.78, 5) is 40.9. The van der Waals surface area contributed by atoms with Crippen LogP contribution in [0.3, 0.4) is 0 Å². The molecule has 1 aliphatic carbocycles. The second-order valence-corrected chi connectivity index (χ2v) is 4.11. The molecule has 2 unspecified atom stereocenters. The van der Waals surface area contributed by atoms with Gasteiger partial charge in [0, 0.05) is 9.85 Å². The smallest absolute Gasteiger partial charge is 0.450 e. The van der Waals surface area contributed by atoms with Gasteiger partial charge in [0.15, 0.2) is 5.60 Å². The predicted octanol–water partition coefficient (Wildman–Crippen LogP) is -1.00. The minimum Gasteiger partial charge on any atom is -0.450 e. The van der Waals surface area contributed by atoms with Crippen molar-refractivity contribution in [3.05, 3.63) is 20.2 Å². The van der Waals surface area contributed by atoms with Crippen LogP contribution in [0.15, 0.2) is 0 Å². The summed E-state index contributed by atoms with van der Waals surface area (Å²) < 4.78 is 8.12. The minimum atomic E-state index is -2.42. The first-order chi connectivity index (χ1) is 9.17. The van der Waals surface area contributed by atoms with Crippen molar-refractivity contribution in [2.45, 2.75) is 30.5 Å². The number of carboxylic acid groups (broad SMARTS) is 1. The predicted molar refractivity (Wildman–Crippen MR) is 55.8 cm³/mol. The lowest BCUT2D eigenvalue weighted by molar-refractivity contribution is -0.611. The Morgan fingerprint density at radius 1 is 1.15 bits per heavy atom. The second kappa shape index (κ2) is 5.64. The zero-order valence-corrected chi connectivity index (χ0v) is 9.83. The summed E-state index contributed by atoms with van der Waals surface area (Å²) in [5, 5.41) is 39.3. The van der Waals surface area contributed by atoms with E-state index in [9.17, 15) is 34.9 Å². The molecule has 0 aromatic carbocycles. The van der Waals surface area contributed by atoms with Crippen molar-refractivity contribution in [1.82, 2.24) is 0 Å². The van der Waals surface area contributed by atoms with Crippen LogP contribution in [0, 0.1) is 20.2 Å². The van der Waals surface area contributed by atoms with Crippen LogP contribution < -0.4 is 0 Å². The van der Waals surface area contributed by atoms with E-state index in [0.717, 1.165) is 0 Å². The molecule has 1 saturated carbocycles. The average molecular weight is 294 g/mol. The highest BCUT2D eigenvalue weighted by atomic mass is 16.8. The maximum atomic E-state index is 11.5. The lowest BCUT2D eigenvalue weighted by Crippen LogP contribution is -2.39. The fourth-order valence-electron chi connectivity index (χ4n) is 1.91. The second-order valence-electron chi connectivity index (χ2n) is 4.11. The quantitative estimate of drug-likeness (QED) is 0.276. The first kappa shape index (κ1) is 15.6. The SMILES string of the molecule is O=C(O)OCOC(=O)C1(O)CC([N+](=O)[O-])C([N+](=O)[O-])C1. The summed E-state index contributed by atoms with van der Waals surface area (Å²) in [5.74, 6) is -1.41. The number of rotatable bonds is 5. The van der Waals surface area contributed by atoms with E-state index in [1.165, 1.54) is 0 Å². The van der Waals surface area contributed by atoms with Gasteiger partial charge in [-0.2, -0.15) is 0 Å². The van der Waals surface area contributed by atoms with Crippen LogP contribution in [0.2, 0.25) is 0 Å². The van der Waals surface area contributed by atoms with Gasteiger partial charge in [-0.15, -0.1) is 0 Å². The first-order valence-corrected chi connectivity index (χ1v) is 5.19. The summed E-state index contributed by atoms with van der Waals surface area (Å²) in [5.41, 5.74) is -2.42. The molecule has 0 heterocycles. The molecule has 0 spiro atoms. The van der Waals surface area contributed by atoms with Crippen LogP contribution in [-0.4, -0.2) is 56.7 Å². The van der Waals surface area contributed by atoms with Crippen LogP contribution >= 0.6 is 0 Å². The van der Waals surface area contributed by atoms with E-state index in [1.807, 2.05) is 0 Å². The van der Waals surface area contributed by atoms with Gasteiger partial charge in [0.2, 0.25) is 6.79 Å².